The Bertz CT molecular complexity index is 1110. The van der Waals surface area contributed by atoms with E-state index in [-0.39, 0.29) is 36.0 Å². The Morgan fingerprint density at radius 3 is 2.56 bits per heavy atom. The summed E-state index contributed by atoms with van der Waals surface area (Å²) in [5.41, 5.74) is 7.45. The van der Waals surface area contributed by atoms with E-state index in [1.165, 1.54) is 29.3 Å². The summed E-state index contributed by atoms with van der Waals surface area (Å²) in [7, 11) is 0. The summed E-state index contributed by atoms with van der Waals surface area (Å²) in [6.45, 7) is 7.61. The number of anilines is 2. The number of nitrogens with two attached hydrogens (primary N) is 1. The van der Waals surface area contributed by atoms with E-state index in [0.29, 0.717) is 23.5 Å². The fourth-order valence-corrected chi connectivity index (χ4v) is 4.22. The highest BCUT2D eigenvalue weighted by Gasteiger charge is 2.40. The van der Waals surface area contributed by atoms with Gasteiger partial charge in [0, 0.05) is 25.0 Å². The van der Waals surface area contributed by atoms with Crippen molar-refractivity contribution in [1.29, 1.82) is 0 Å². The third-order valence-corrected chi connectivity index (χ3v) is 6.23. The summed E-state index contributed by atoms with van der Waals surface area (Å²) < 4.78 is 13.8. The molecule has 182 valence electrons. The van der Waals surface area contributed by atoms with Crippen LogP contribution in [0.15, 0.2) is 30.5 Å². The number of amides is 3. The second-order valence-electron chi connectivity index (χ2n) is 8.72. The standard InChI is InChI=1S/C24H29ClFN5O3/c1-5-15-8-17(10-28-21(15)27)29-22(32)24(34)31-11-14(4)30(23(33)13(2)3)12-20(31)16-6-7-19(26)18(25)9-16/h6-10,13-14,20H,5,11-12H2,1-4H3,(H2,27,28)(H,29,32)/t14-,20-/m1/s1. The maximum absolute atomic E-state index is 13.8. The maximum Gasteiger partial charge on any atom is 0.313 e. The Balaban J connectivity index is 1.91. The average Bonchev–Trinajstić information content (AvgIpc) is 2.80. The SMILES string of the molecule is CCc1cc(NC(=O)C(=O)N2C[C@@H](C)N(C(=O)C(C)C)C[C@@H]2c2ccc(F)c(Cl)c2)cnc1N. The minimum atomic E-state index is -0.845. The van der Waals surface area contributed by atoms with Gasteiger partial charge >= 0.3 is 11.8 Å². The number of nitrogen functional groups attached to an aromatic ring is 1. The second kappa shape index (κ2) is 10.4. The minimum Gasteiger partial charge on any atom is -0.383 e. The van der Waals surface area contributed by atoms with Gasteiger partial charge in [-0.15, -0.1) is 0 Å². The number of nitrogens with one attached hydrogen (secondary N) is 1. The number of carbonyl (C=O) groups is 3. The van der Waals surface area contributed by atoms with Gasteiger partial charge in [-0.3, -0.25) is 14.4 Å². The molecule has 1 saturated heterocycles. The van der Waals surface area contributed by atoms with Crippen molar-refractivity contribution in [2.24, 2.45) is 5.92 Å². The molecule has 1 aromatic heterocycles. The zero-order chi connectivity index (χ0) is 25.2. The molecular weight excluding hydrogens is 461 g/mol. The molecule has 0 spiro atoms. The zero-order valence-electron chi connectivity index (χ0n) is 19.6. The number of rotatable bonds is 4. The van der Waals surface area contributed by atoms with Gasteiger partial charge in [0.25, 0.3) is 0 Å². The topological polar surface area (TPSA) is 109 Å². The van der Waals surface area contributed by atoms with E-state index in [1.54, 1.807) is 24.8 Å². The number of halogens is 2. The predicted octanol–water partition coefficient (Wildman–Crippen LogP) is 3.41. The molecule has 10 heteroatoms. The third kappa shape index (κ3) is 5.30. The molecule has 3 amide bonds. The molecule has 2 aromatic rings. The molecule has 0 bridgehead atoms. The number of carbonyl (C=O) groups excluding carboxylic acids is 3. The summed E-state index contributed by atoms with van der Waals surface area (Å²) in [6, 6.07) is 4.82. The summed E-state index contributed by atoms with van der Waals surface area (Å²) in [4.78, 5) is 46.1. The first kappa shape index (κ1) is 25.4. The minimum absolute atomic E-state index is 0.0673. The molecule has 8 nitrogen and oxygen atoms in total. The summed E-state index contributed by atoms with van der Waals surface area (Å²) in [5, 5.41) is 2.48. The van der Waals surface area contributed by atoms with E-state index in [4.69, 9.17) is 17.3 Å². The van der Waals surface area contributed by atoms with Crippen molar-refractivity contribution in [2.45, 2.75) is 46.2 Å². The Hall–Kier alpha value is -3.20. The van der Waals surface area contributed by atoms with Crippen LogP contribution in [0.3, 0.4) is 0 Å². The third-order valence-electron chi connectivity index (χ3n) is 5.94. The van der Waals surface area contributed by atoms with Gasteiger partial charge < -0.3 is 20.9 Å². The van der Waals surface area contributed by atoms with Gasteiger partial charge in [0.2, 0.25) is 5.91 Å². The number of aromatic nitrogens is 1. The largest absolute Gasteiger partial charge is 0.383 e. The molecule has 2 atom stereocenters. The van der Waals surface area contributed by atoms with Crippen molar-refractivity contribution in [3.63, 3.8) is 0 Å². The lowest BCUT2D eigenvalue weighted by molar-refractivity contribution is -0.152. The van der Waals surface area contributed by atoms with Crippen LogP contribution in [0, 0.1) is 11.7 Å². The van der Waals surface area contributed by atoms with Crippen molar-refractivity contribution < 1.29 is 18.8 Å². The predicted molar refractivity (Wildman–Crippen MR) is 129 cm³/mol. The van der Waals surface area contributed by atoms with Gasteiger partial charge in [0.1, 0.15) is 11.6 Å². The van der Waals surface area contributed by atoms with Crippen LogP contribution in [0.4, 0.5) is 15.9 Å². The maximum atomic E-state index is 13.8. The van der Waals surface area contributed by atoms with Crippen LogP contribution in [-0.2, 0) is 20.8 Å². The molecule has 2 heterocycles. The smallest absolute Gasteiger partial charge is 0.313 e. The Morgan fingerprint density at radius 2 is 1.94 bits per heavy atom. The summed E-state index contributed by atoms with van der Waals surface area (Å²) >= 11 is 5.99. The lowest BCUT2D eigenvalue weighted by Crippen LogP contribution is -2.59. The van der Waals surface area contributed by atoms with Gasteiger partial charge in [-0.2, -0.15) is 0 Å². The van der Waals surface area contributed by atoms with Crippen LogP contribution in [0.25, 0.3) is 0 Å². The van der Waals surface area contributed by atoms with E-state index >= 15 is 0 Å². The quantitative estimate of drug-likeness (QED) is 0.640. The zero-order valence-corrected chi connectivity index (χ0v) is 20.4. The molecule has 3 rings (SSSR count). The molecule has 34 heavy (non-hydrogen) atoms. The highest BCUT2D eigenvalue weighted by molar-refractivity contribution is 6.39. The number of pyridine rings is 1. The van der Waals surface area contributed by atoms with Crippen molar-refractivity contribution in [3.8, 4) is 0 Å². The van der Waals surface area contributed by atoms with Crippen LogP contribution < -0.4 is 11.1 Å². The van der Waals surface area contributed by atoms with Crippen LogP contribution in [0.2, 0.25) is 5.02 Å². The fourth-order valence-electron chi connectivity index (χ4n) is 4.03. The Labute approximate surface area is 203 Å². The first-order chi connectivity index (χ1) is 16.0. The van der Waals surface area contributed by atoms with Crippen LogP contribution in [0.5, 0.6) is 0 Å². The first-order valence-electron chi connectivity index (χ1n) is 11.1. The van der Waals surface area contributed by atoms with Crippen molar-refractivity contribution in [2.75, 3.05) is 24.1 Å². The lowest BCUT2D eigenvalue weighted by atomic mass is 9.98. The van der Waals surface area contributed by atoms with Crippen molar-refractivity contribution in [3.05, 3.63) is 52.4 Å². The van der Waals surface area contributed by atoms with E-state index in [1.807, 2.05) is 13.8 Å². The van der Waals surface area contributed by atoms with Gasteiger partial charge in [-0.05, 0) is 42.7 Å². The molecule has 1 aliphatic heterocycles. The molecule has 0 radical (unpaired) electrons. The van der Waals surface area contributed by atoms with E-state index in [9.17, 15) is 18.8 Å². The van der Waals surface area contributed by atoms with Crippen molar-refractivity contribution >= 4 is 40.8 Å². The van der Waals surface area contributed by atoms with Crippen LogP contribution in [0.1, 0.15) is 44.9 Å². The monoisotopic (exact) mass is 489 g/mol. The number of hydrogen-bond donors (Lipinski definition) is 2. The number of benzene rings is 1. The van der Waals surface area contributed by atoms with E-state index in [2.05, 4.69) is 10.3 Å². The van der Waals surface area contributed by atoms with Crippen molar-refractivity contribution in [1.82, 2.24) is 14.8 Å². The van der Waals surface area contributed by atoms with E-state index in [0.717, 1.165) is 5.56 Å². The highest BCUT2D eigenvalue weighted by Crippen LogP contribution is 2.31. The Morgan fingerprint density at radius 1 is 1.24 bits per heavy atom. The van der Waals surface area contributed by atoms with Gasteiger partial charge in [-0.25, -0.2) is 9.37 Å². The summed E-state index contributed by atoms with van der Waals surface area (Å²) in [5.74, 6) is -2.16. The van der Waals surface area contributed by atoms with E-state index < -0.39 is 23.7 Å². The number of nitrogens with zero attached hydrogens (tertiary/aromatic N) is 3. The Kier molecular flexibility index (Phi) is 7.76. The van der Waals surface area contributed by atoms with Gasteiger partial charge in [0.05, 0.1) is 22.9 Å². The first-order valence-corrected chi connectivity index (χ1v) is 11.5. The van der Waals surface area contributed by atoms with Gasteiger partial charge in [-0.1, -0.05) is 38.4 Å². The number of hydrogen-bond acceptors (Lipinski definition) is 5. The number of aryl methyl sites for hydroxylation is 1. The molecule has 1 aromatic carbocycles. The molecule has 0 aliphatic carbocycles. The van der Waals surface area contributed by atoms with Gasteiger partial charge in [0.15, 0.2) is 0 Å². The summed E-state index contributed by atoms with van der Waals surface area (Å²) in [6.07, 6.45) is 2.01. The number of piperazine rings is 1. The fraction of sp³-hybridized carbons (Fsp3) is 0.417. The average molecular weight is 490 g/mol. The molecule has 3 N–H and O–H groups in total. The molecule has 0 saturated carbocycles. The molecule has 1 aliphatic rings. The highest BCUT2D eigenvalue weighted by atomic mass is 35.5. The lowest BCUT2D eigenvalue weighted by Gasteiger charge is -2.45. The molecular formula is C24H29ClFN5O3. The molecule has 1 fully saturated rings. The molecule has 0 unspecified atom stereocenters. The second-order valence-corrected chi connectivity index (χ2v) is 9.12. The normalized spacial score (nSPS) is 18.2. The van der Waals surface area contributed by atoms with Crippen LogP contribution >= 0.6 is 11.6 Å². The van der Waals surface area contributed by atoms with Crippen LogP contribution in [-0.4, -0.2) is 51.6 Å².